The number of nitrogens with one attached hydrogen (secondary N) is 2. The number of carbonyl (C=O) groups is 2. The fourth-order valence-corrected chi connectivity index (χ4v) is 2.81. The minimum Gasteiger partial charge on any atom is -0.476 e. The number of nitrogens with zero attached hydrogens (tertiary/aromatic N) is 2. The molecule has 2 amide bonds. The Balaban J connectivity index is 1.72. The summed E-state index contributed by atoms with van der Waals surface area (Å²) in [6, 6.07) is 3.50. The van der Waals surface area contributed by atoms with Gasteiger partial charge in [-0.2, -0.15) is 5.10 Å². The summed E-state index contributed by atoms with van der Waals surface area (Å²) in [6.45, 7) is 0.816. The van der Waals surface area contributed by atoms with E-state index in [0.717, 1.165) is 5.00 Å². The molecular weight excluding hydrogens is 280 g/mol. The van der Waals surface area contributed by atoms with E-state index in [1.807, 2.05) is 17.5 Å². The molecule has 0 saturated carbocycles. The second kappa shape index (κ2) is 4.97. The van der Waals surface area contributed by atoms with Crippen LogP contribution in [-0.2, 0) is 13.0 Å². The number of aromatic carboxylic acids is 1. The Morgan fingerprint density at radius 3 is 3.05 bits per heavy atom. The highest BCUT2D eigenvalue weighted by molar-refractivity contribution is 7.14. The minimum absolute atomic E-state index is 0.0540. The Bertz CT molecular complexity index is 650. The summed E-state index contributed by atoms with van der Waals surface area (Å²) in [5, 5.41) is 21.0. The molecule has 1 aliphatic heterocycles. The van der Waals surface area contributed by atoms with Crippen LogP contribution in [0.3, 0.4) is 0 Å². The van der Waals surface area contributed by atoms with Crippen molar-refractivity contribution in [3.63, 3.8) is 0 Å². The van der Waals surface area contributed by atoms with Crippen LogP contribution in [0.4, 0.5) is 9.80 Å². The van der Waals surface area contributed by atoms with Crippen molar-refractivity contribution in [2.24, 2.45) is 0 Å². The molecule has 8 heteroatoms. The Kier molecular flexibility index (Phi) is 3.15. The molecule has 3 N–H and O–H groups in total. The maximum atomic E-state index is 12.1. The number of thiophene rings is 1. The summed E-state index contributed by atoms with van der Waals surface area (Å²) in [5.74, 6) is -1.04. The number of hydrogen-bond donors (Lipinski definition) is 3. The van der Waals surface area contributed by atoms with Crippen LogP contribution in [0.15, 0.2) is 17.5 Å². The lowest BCUT2D eigenvalue weighted by Crippen LogP contribution is -2.38. The first-order valence-corrected chi connectivity index (χ1v) is 6.92. The molecule has 7 nitrogen and oxygen atoms in total. The van der Waals surface area contributed by atoms with Gasteiger partial charge in [-0.3, -0.25) is 10.4 Å². The molecule has 0 unspecified atom stereocenters. The first-order chi connectivity index (χ1) is 9.65. The summed E-state index contributed by atoms with van der Waals surface area (Å²) in [4.78, 5) is 24.7. The third kappa shape index (κ3) is 2.25. The Morgan fingerprint density at radius 1 is 1.50 bits per heavy atom. The molecule has 104 valence electrons. The maximum Gasteiger partial charge on any atom is 0.356 e. The molecule has 0 spiro atoms. The van der Waals surface area contributed by atoms with E-state index < -0.39 is 5.97 Å². The van der Waals surface area contributed by atoms with Crippen molar-refractivity contribution in [1.29, 1.82) is 0 Å². The molecule has 2 aromatic rings. The fraction of sp³-hybridized carbons (Fsp3) is 0.250. The van der Waals surface area contributed by atoms with Gasteiger partial charge in [0, 0.05) is 12.1 Å². The number of amides is 2. The van der Waals surface area contributed by atoms with Crippen molar-refractivity contribution in [1.82, 2.24) is 15.1 Å². The molecule has 2 aromatic heterocycles. The van der Waals surface area contributed by atoms with Gasteiger partial charge in [-0.15, -0.1) is 11.3 Å². The van der Waals surface area contributed by atoms with Crippen LogP contribution in [-0.4, -0.2) is 38.7 Å². The van der Waals surface area contributed by atoms with Gasteiger partial charge >= 0.3 is 12.0 Å². The first kappa shape index (κ1) is 12.7. The van der Waals surface area contributed by atoms with Gasteiger partial charge in [0.05, 0.1) is 17.2 Å². The highest BCUT2D eigenvalue weighted by atomic mass is 32.1. The molecule has 0 aliphatic carbocycles. The highest BCUT2D eigenvalue weighted by Crippen LogP contribution is 2.22. The summed E-state index contributed by atoms with van der Waals surface area (Å²) < 4.78 is 0. The summed E-state index contributed by atoms with van der Waals surface area (Å²) >= 11 is 1.45. The second-order valence-corrected chi connectivity index (χ2v) is 5.36. The topological polar surface area (TPSA) is 98.3 Å². The molecular formula is C12H12N4O3S. The normalized spacial score (nSPS) is 13.9. The SMILES string of the molecule is O=C(O)c1n[nH]c2c1CCN(C(=O)Nc1cccs1)C2. The summed E-state index contributed by atoms with van der Waals surface area (Å²) in [5.41, 5.74) is 1.44. The predicted molar refractivity (Wildman–Crippen MR) is 73.0 cm³/mol. The van der Waals surface area contributed by atoms with E-state index in [0.29, 0.717) is 30.8 Å². The number of hydrogen-bond acceptors (Lipinski definition) is 4. The second-order valence-electron chi connectivity index (χ2n) is 4.41. The quantitative estimate of drug-likeness (QED) is 0.785. The van der Waals surface area contributed by atoms with Crippen LogP contribution in [0, 0.1) is 0 Å². The third-order valence-corrected chi connectivity index (χ3v) is 3.96. The largest absolute Gasteiger partial charge is 0.476 e. The van der Waals surface area contributed by atoms with Crippen molar-refractivity contribution in [2.75, 3.05) is 11.9 Å². The average molecular weight is 292 g/mol. The number of fused-ring (bicyclic) bond motifs is 1. The van der Waals surface area contributed by atoms with Crippen LogP contribution in [0.1, 0.15) is 21.7 Å². The van der Waals surface area contributed by atoms with Gasteiger partial charge in [0.25, 0.3) is 0 Å². The maximum absolute atomic E-state index is 12.1. The van der Waals surface area contributed by atoms with Crippen LogP contribution in [0.2, 0.25) is 0 Å². The Labute approximate surface area is 118 Å². The zero-order valence-corrected chi connectivity index (χ0v) is 11.2. The molecule has 0 fully saturated rings. The number of urea groups is 1. The molecule has 0 atom stereocenters. The number of aromatic nitrogens is 2. The number of carboxylic acids is 1. The zero-order valence-electron chi connectivity index (χ0n) is 10.4. The van der Waals surface area contributed by atoms with Gasteiger partial charge in [-0.05, 0) is 23.9 Å². The minimum atomic E-state index is -1.04. The van der Waals surface area contributed by atoms with E-state index in [9.17, 15) is 9.59 Å². The smallest absolute Gasteiger partial charge is 0.356 e. The molecule has 0 aromatic carbocycles. The Morgan fingerprint density at radius 2 is 2.35 bits per heavy atom. The van der Waals surface area contributed by atoms with E-state index in [-0.39, 0.29) is 11.7 Å². The van der Waals surface area contributed by atoms with Crippen molar-refractivity contribution >= 4 is 28.3 Å². The lowest BCUT2D eigenvalue weighted by molar-refractivity contribution is 0.0689. The van der Waals surface area contributed by atoms with Gasteiger partial charge in [-0.25, -0.2) is 9.59 Å². The molecule has 1 aliphatic rings. The molecule has 0 bridgehead atoms. The number of carboxylic acid groups (broad SMARTS) is 1. The number of anilines is 1. The zero-order chi connectivity index (χ0) is 14.1. The van der Waals surface area contributed by atoms with E-state index in [1.54, 1.807) is 4.90 Å². The number of rotatable bonds is 2. The highest BCUT2D eigenvalue weighted by Gasteiger charge is 2.27. The van der Waals surface area contributed by atoms with E-state index >= 15 is 0 Å². The molecule has 3 rings (SSSR count). The van der Waals surface area contributed by atoms with Gasteiger partial charge in [-0.1, -0.05) is 0 Å². The van der Waals surface area contributed by atoms with Gasteiger partial charge in [0.15, 0.2) is 5.69 Å². The lowest BCUT2D eigenvalue weighted by Gasteiger charge is -2.26. The summed E-state index contributed by atoms with van der Waals surface area (Å²) in [6.07, 6.45) is 0.491. The lowest BCUT2D eigenvalue weighted by atomic mass is 10.0. The standard InChI is InChI=1S/C12H12N4O3S/c17-11(18)10-7-3-4-16(6-8(7)14-15-10)12(19)13-9-2-1-5-20-9/h1-2,5H,3-4,6H2,(H,13,19)(H,14,15)(H,17,18). The molecule has 20 heavy (non-hydrogen) atoms. The Hall–Kier alpha value is -2.35. The van der Waals surface area contributed by atoms with Crippen LogP contribution >= 0.6 is 11.3 Å². The average Bonchev–Trinajstić information content (AvgIpc) is 3.06. The number of H-pyrrole nitrogens is 1. The monoisotopic (exact) mass is 292 g/mol. The predicted octanol–water partition coefficient (Wildman–Crippen LogP) is 1.76. The van der Waals surface area contributed by atoms with Gasteiger partial charge in [0.2, 0.25) is 0 Å². The van der Waals surface area contributed by atoms with Crippen molar-refractivity contribution in [3.8, 4) is 0 Å². The summed E-state index contributed by atoms with van der Waals surface area (Å²) in [7, 11) is 0. The molecule has 3 heterocycles. The fourth-order valence-electron chi connectivity index (χ4n) is 2.20. The molecule has 0 radical (unpaired) electrons. The van der Waals surface area contributed by atoms with Gasteiger partial charge < -0.3 is 10.0 Å². The van der Waals surface area contributed by atoms with E-state index in [4.69, 9.17) is 5.11 Å². The van der Waals surface area contributed by atoms with Crippen molar-refractivity contribution in [2.45, 2.75) is 13.0 Å². The molecule has 0 saturated heterocycles. The number of aromatic amines is 1. The van der Waals surface area contributed by atoms with Crippen LogP contribution in [0.25, 0.3) is 0 Å². The van der Waals surface area contributed by atoms with Crippen molar-refractivity contribution < 1.29 is 14.7 Å². The third-order valence-electron chi connectivity index (χ3n) is 3.17. The van der Waals surface area contributed by atoms with E-state index in [2.05, 4.69) is 15.5 Å². The van der Waals surface area contributed by atoms with Gasteiger partial charge in [0.1, 0.15) is 0 Å². The van der Waals surface area contributed by atoms with E-state index in [1.165, 1.54) is 11.3 Å². The first-order valence-electron chi connectivity index (χ1n) is 6.04. The number of carbonyl (C=O) groups excluding carboxylic acids is 1. The van der Waals surface area contributed by atoms with Crippen molar-refractivity contribution in [3.05, 3.63) is 34.5 Å². The van der Waals surface area contributed by atoms with Crippen LogP contribution < -0.4 is 5.32 Å². The van der Waals surface area contributed by atoms with Crippen LogP contribution in [0.5, 0.6) is 0 Å².